The minimum absolute atomic E-state index is 0.122. The number of fused-ring (bicyclic) bond motifs is 1. The number of halogens is 1. The van der Waals surface area contributed by atoms with Crippen LogP contribution in [0.3, 0.4) is 0 Å². The number of anilines is 3. The van der Waals surface area contributed by atoms with E-state index in [-0.39, 0.29) is 23.6 Å². The summed E-state index contributed by atoms with van der Waals surface area (Å²) < 4.78 is 1.67. The Bertz CT molecular complexity index is 1440. The summed E-state index contributed by atoms with van der Waals surface area (Å²) in [5.74, 6) is 1.27. The fourth-order valence-corrected chi connectivity index (χ4v) is 4.83. The van der Waals surface area contributed by atoms with Gasteiger partial charge in [0.15, 0.2) is 5.65 Å². The van der Waals surface area contributed by atoms with Crippen LogP contribution in [0.15, 0.2) is 42.2 Å². The number of rotatable bonds is 6. The molecule has 0 radical (unpaired) electrons. The van der Waals surface area contributed by atoms with Crippen LogP contribution in [0.25, 0.3) is 11.7 Å². The number of urea groups is 1. The van der Waals surface area contributed by atoms with Crippen molar-refractivity contribution in [2.75, 3.05) is 23.7 Å². The predicted molar refractivity (Wildman–Crippen MR) is 138 cm³/mol. The van der Waals surface area contributed by atoms with Crippen molar-refractivity contribution in [3.05, 3.63) is 52.8 Å². The van der Waals surface area contributed by atoms with Gasteiger partial charge < -0.3 is 20.9 Å². The minimum Gasteiger partial charge on any atom is -0.367 e. The summed E-state index contributed by atoms with van der Waals surface area (Å²) in [5.41, 5.74) is 1.95. The summed E-state index contributed by atoms with van der Waals surface area (Å²) in [7, 11) is 0. The lowest BCUT2D eigenvalue weighted by molar-refractivity contribution is -0.133. The molecule has 1 saturated carbocycles. The zero-order valence-electron chi connectivity index (χ0n) is 19.8. The molecular weight excluding hydrogens is 496 g/mol. The second kappa shape index (κ2) is 9.40. The molecule has 3 aromatic rings. The average molecular weight is 521 g/mol. The maximum Gasteiger partial charge on any atom is 0.326 e. The first kappa shape index (κ1) is 23.3. The molecule has 37 heavy (non-hydrogen) atoms. The van der Waals surface area contributed by atoms with Gasteiger partial charge in [0, 0.05) is 47.4 Å². The van der Waals surface area contributed by atoms with Crippen LogP contribution < -0.4 is 21.3 Å². The van der Waals surface area contributed by atoms with Gasteiger partial charge in [-0.05, 0) is 50.0 Å². The van der Waals surface area contributed by atoms with E-state index in [0.717, 1.165) is 44.5 Å². The molecule has 0 unspecified atom stereocenters. The zero-order chi connectivity index (χ0) is 25.5. The Balaban J connectivity index is 1.30. The van der Waals surface area contributed by atoms with Crippen LogP contribution in [0.2, 0.25) is 5.02 Å². The molecule has 0 bridgehead atoms. The smallest absolute Gasteiger partial charge is 0.326 e. The average Bonchev–Trinajstić information content (AvgIpc) is 3.57. The molecule has 190 valence electrons. The third-order valence-electron chi connectivity index (χ3n) is 6.70. The van der Waals surface area contributed by atoms with Gasteiger partial charge in [-0.3, -0.25) is 14.9 Å². The van der Waals surface area contributed by atoms with Crippen LogP contribution in [0.5, 0.6) is 0 Å². The summed E-state index contributed by atoms with van der Waals surface area (Å²) in [4.78, 5) is 42.7. The molecule has 0 spiro atoms. The molecule has 11 nitrogen and oxygen atoms in total. The second-order valence-electron chi connectivity index (χ2n) is 9.48. The Morgan fingerprint density at radius 2 is 1.92 bits per heavy atom. The molecule has 2 saturated heterocycles. The van der Waals surface area contributed by atoms with E-state index in [0.29, 0.717) is 27.9 Å². The number of benzene rings is 1. The van der Waals surface area contributed by atoms with Gasteiger partial charge in [0.25, 0.3) is 5.91 Å². The fourth-order valence-electron chi connectivity index (χ4n) is 4.64. The Morgan fingerprint density at radius 1 is 1.11 bits per heavy atom. The quantitative estimate of drug-likeness (QED) is 0.290. The lowest BCUT2D eigenvalue weighted by Crippen LogP contribution is -2.43. The van der Waals surface area contributed by atoms with Crippen LogP contribution in [-0.4, -0.2) is 56.5 Å². The maximum atomic E-state index is 12.4. The largest absolute Gasteiger partial charge is 0.367 e. The summed E-state index contributed by atoms with van der Waals surface area (Å²) in [6, 6.07) is 8.76. The number of piperidine rings is 1. The van der Waals surface area contributed by atoms with E-state index in [2.05, 4.69) is 26.4 Å². The van der Waals surface area contributed by atoms with E-state index in [1.807, 2.05) is 23.1 Å². The van der Waals surface area contributed by atoms with Gasteiger partial charge in [-0.15, -0.1) is 0 Å². The molecule has 4 N–H and O–H groups in total. The van der Waals surface area contributed by atoms with Crippen LogP contribution in [0.1, 0.15) is 31.2 Å². The maximum absolute atomic E-state index is 12.4. The third-order valence-corrected chi connectivity index (χ3v) is 6.94. The molecular formula is C25H25ClN8O3. The summed E-state index contributed by atoms with van der Waals surface area (Å²) in [6.45, 7) is 1.44. The van der Waals surface area contributed by atoms with Crippen LogP contribution in [0.4, 0.5) is 22.1 Å². The van der Waals surface area contributed by atoms with E-state index in [1.54, 1.807) is 28.9 Å². The molecule has 12 heteroatoms. The summed E-state index contributed by atoms with van der Waals surface area (Å²) >= 11 is 6.16. The molecule has 0 atom stereocenters. The number of hydrogen-bond acceptors (Lipinski definition) is 7. The number of likely N-dealkylation sites (tertiary alicyclic amines) is 1. The van der Waals surface area contributed by atoms with Gasteiger partial charge in [0.1, 0.15) is 17.3 Å². The van der Waals surface area contributed by atoms with Crippen LogP contribution in [0, 0.1) is 5.92 Å². The lowest BCUT2D eigenvalue weighted by atomic mass is 10.0. The van der Waals surface area contributed by atoms with Gasteiger partial charge in [0.05, 0.1) is 6.20 Å². The molecule has 1 aromatic carbocycles. The number of nitrogens with one attached hydrogen (secondary N) is 4. The van der Waals surface area contributed by atoms with Crippen molar-refractivity contribution in [2.45, 2.75) is 31.7 Å². The van der Waals surface area contributed by atoms with Crippen molar-refractivity contribution >= 4 is 58.5 Å². The minimum atomic E-state index is -0.571. The Morgan fingerprint density at radius 3 is 2.62 bits per heavy atom. The molecule has 2 aromatic heterocycles. The van der Waals surface area contributed by atoms with E-state index in [9.17, 15) is 14.4 Å². The van der Waals surface area contributed by atoms with Crippen LogP contribution >= 0.6 is 11.6 Å². The number of amides is 4. The second-order valence-corrected chi connectivity index (χ2v) is 9.92. The van der Waals surface area contributed by atoms with Gasteiger partial charge in [-0.1, -0.05) is 17.7 Å². The van der Waals surface area contributed by atoms with Crippen molar-refractivity contribution in [1.82, 2.24) is 30.1 Å². The van der Waals surface area contributed by atoms with Gasteiger partial charge >= 0.3 is 6.03 Å². The zero-order valence-corrected chi connectivity index (χ0v) is 20.6. The number of nitrogens with zero attached hydrogens (tertiary/aromatic N) is 4. The SMILES string of the molecule is O=C1NC(=O)/C(=C/c2cnn3c(NC4CCN(C(=O)C5CC5)CC4)cc(Nc4cccc(Cl)c4)nc23)N1. The van der Waals surface area contributed by atoms with E-state index in [4.69, 9.17) is 16.6 Å². The summed E-state index contributed by atoms with van der Waals surface area (Å²) in [5, 5.41) is 16.6. The molecule has 3 aliphatic rings. The fraction of sp³-hybridized carbons (Fsp3) is 0.320. The molecule has 4 heterocycles. The van der Waals surface area contributed by atoms with Crippen molar-refractivity contribution in [2.24, 2.45) is 5.92 Å². The first-order valence-electron chi connectivity index (χ1n) is 12.2. The van der Waals surface area contributed by atoms with Gasteiger partial charge in [0.2, 0.25) is 5.91 Å². The molecule has 3 fully saturated rings. The molecule has 6 rings (SSSR count). The number of carbonyl (C=O) groups excluding carboxylic acids is 3. The Labute approximate surface area is 217 Å². The standard InChI is InChI=1S/C25H25ClN8O3/c26-16-2-1-3-18(11-16)28-20-12-21(29-17-6-8-33(9-7-17)24(36)14-4-5-14)34-22(31-20)15(13-27-34)10-19-23(35)32-25(37)30-19/h1-3,10-14,17,29H,4-9H2,(H,28,31)(H2,30,32,35,37)/b19-10-. The normalized spacial score (nSPS) is 19.3. The summed E-state index contributed by atoms with van der Waals surface area (Å²) in [6.07, 6.45) is 6.81. The van der Waals surface area contributed by atoms with Crippen molar-refractivity contribution < 1.29 is 14.4 Å². The Hall–Kier alpha value is -4.12. The van der Waals surface area contributed by atoms with E-state index in [1.165, 1.54) is 0 Å². The van der Waals surface area contributed by atoms with Crippen molar-refractivity contribution in [3.8, 4) is 0 Å². The highest BCUT2D eigenvalue weighted by Gasteiger charge is 2.35. The van der Waals surface area contributed by atoms with E-state index >= 15 is 0 Å². The third kappa shape index (κ3) is 4.94. The first-order valence-corrected chi connectivity index (χ1v) is 12.6. The van der Waals surface area contributed by atoms with Crippen LogP contribution in [-0.2, 0) is 9.59 Å². The topological polar surface area (TPSA) is 133 Å². The lowest BCUT2D eigenvalue weighted by Gasteiger charge is -2.33. The highest BCUT2D eigenvalue weighted by molar-refractivity contribution is 6.30. The molecule has 2 aliphatic heterocycles. The van der Waals surface area contributed by atoms with Gasteiger partial charge in [-0.2, -0.15) is 9.61 Å². The highest BCUT2D eigenvalue weighted by atomic mass is 35.5. The van der Waals surface area contributed by atoms with E-state index < -0.39 is 11.9 Å². The first-order chi connectivity index (χ1) is 17.9. The number of imide groups is 1. The van der Waals surface area contributed by atoms with Gasteiger partial charge in [-0.25, -0.2) is 9.78 Å². The predicted octanol–water partition coefficient (Wildman–Crippen LogP) is 3.12. The number of aromatic nitrogens is 3. The molecule has 1 aliphatic carbocycles. The Kier molecular flexibility index (Phi) is 5.91. The van der Waals surface area contributed by atoms with Crippen molar-refractivity contribution in [3.63, 3.8) is 0 Å². The monoisotopic (exact) mass is 520 g/mol. The number of hydrogen-bond donors (Lipinski definition) is 4. The van der Waals surface area contributed by atoms with Crippen molar-refractivity contribution in [1.29, 1.82) is 0 Å². The number of carbonyl (C=O) groups is 3. The molecule has 4 amide bonds. The highest BCUT2D eigenvalue weighted by Crippen LogP contribution is 2.32.